The summed E-state index contributed by atoms with van der Waals surface area (Å²) < 4.78 is 57.1. The minimum Gasteiger partial charge on any atom is -0.504 e. The lowest BCUT2D eigenvalue weighted by Gasteiger charge is -2.25. The maximum atomic E-state index is 15.0. The van der Waals surface area contributed by atoms with Gasteiger partial charge in [-0.05, 0) is 29.8 Å². The standard InChI is InChI=1S/C23H17B3Cl2F4N4O3/c24-22(25,26)21-35-16-12(29)5-6-13(34-19(38)14-7-11(27)17(37)18(28)33-14)15(16)20(39)36(21)8-9-3-1-2-4-10(9)23(30,31)32/h1-7,37H,8,24-26H2,(H,34,38). The maximum Gasteiger partial charge on any atom is 0.416 e. The Hall–Kier alpha value is -3.51. The second-order valence-electron chi connectivity index (χ2n) is 9.63. The van der Waals surface area contributed by atoms with E-state index >= 15 is 0 Å². The average Bonchev–Trinajstić information content (AvgIpc) is 2.84. The lowest BCUT2D eigenvalue weighted by atomic mass is 9.42. The summed E-state index contributed by atoms with van der Waals surface area (Å²) >= 11 is 11.7. The number of carbonyl (C=O) groups excluding carboxylic acids is 1. The number of hydrogen-bond acceptors (Lipinski definition) is 5. The molecule has 0 aliphatic heterocycles. The van der Waals surface area contributed by atoms with Crippen molar-refractivity contribution < 1.29 is 27.5 Å². The number of nitrogens with zero attached hydrogens (tertiary/aromatic N) is 3. The Bertz CT molecular complexity index is 1670. The van der Waals surface area contributed by atoms with Crippen molar-refractivity contribution in [1.82, 2.24) is 14.5 Å². The van der Waals surface area contributed by atoms with Gasteiger partial charge in [0.1, 0.15) is 17.0 Å². The van der Waals surface area contributed by atoms with Crippen LogP contribution in [0.5, 0.6) is 5.75 Å². The highest BCUT2D eigenvalue weighted by Gasteiger charge is 2.34. The molecule has 0 atom stereocenters. The summed E-state index contributed by atoms with van der Waals surface area (Å²) in [6.45, 7) is -0.515. The Morgan fingerprint density at radius 2 is 1.74 bits per heavy atom. The lowest BCUT2D eigenvalue weighted by molar-refractivity contribution is -0.138. The van der Waals surface area contributed by atoms with E-state index < -0.39 is 51.6 Å². The predicted molar refractivity (Wildman–Crippen MR) is 148 cm³/mol. The van der Waals surface area contributed by atoms with Gasteiger partial charge >= 0.3 is 6.18 Å². The van der Waals surface area contributed by atoms with Crippen LogP contribution in [0.3, 0.4) is 0 Å². The van der Waals surface area contributed by atoms with Crippen molar-refractivity contribution in [3.05, 3.63) is 91.5 Å². The van der Waals surface area contributed by atoms with Crippen LogP contribution >= 0.6 is 23.2 Å². The van der Waals surface area contributed by atoms with Crippen molar-refractivity contribution >= 4 is 69.2 Å². The summed E-state index contributed by atoms with van der Waals surface area (Å²) in [4.78, 5) is 34.8. The van der Waals surface area contributed by atoms with Crippen molar-refractivity contribution in [3.63, 3.8) is 0 Å². The summed E-state index contributed by atoms with van der Waals surface area (Å²) in [7, 11) is 5.04. The lowest BCUT2D eigenvalue weighted by Crippen LogP contribution is -2.39. The molecule has 39 heavy (non-hydrogen) atoms. The van der Waals surface area contributed by atoms with Gasteiger partial charge in [-0.15, -0.1) is 0 Å². The van der Waals surface area contributed by atoms with Gasteiger partial charge in [-0.3, -0.25) is 14.2 Å². The van der Waals surface area contributed by atoms with Gasteiger partial charge in [0.2, 0.25) is 0 Å². The van der Waals surface area contributed by atoms with Crippen LogP contribution in [0.15, 0.2) is 47.3 Å². The van der Waals surface area contributed by atoms with E-state index in [4.69, 9.17) is 23.2 Å². The van der Waals surface area contributed by atoms with Gasteiger partial charge in [0.15, 0.2) is 10.9 Å². The molecule has 0 bridgehead atoms. The largest absolute Gasteiger partial charge is 0.504 e. The van der Waals surface area contributed by atoms with Gasteiger partial charge in [0.25, 0.3) is 11.5 Å². The number of halogens is 6. The number of rotatable bonds is 5. The van der Waals surface area contributed by atoms with Crippen LogP contribution < -0.4 is 10.9 Å². The molecule has 0 unspecified atom stereocenters. The number of amides is 1. The first-order chi connectivity index (χ1) is 18.1. The molecule has 2 heterocycles. The van der Waals surface area contributed by atoms with Crippen molar-refractivity contribution in [2.45, 2.75) is 17.8 Å². The molecule has 16 heteroatoms. The molecule has 1 amide bonds. The van der Waals surface area contributed by atoms with E-state index in [9.17, 15) is 32.3 Å². The van der Waals surface area contributed by atoms with E-state index in [-0.39, 0.29) is 38.7 Å². The molecular formula is C23H17B3Cl2F4N4O3. The zero-order valence-electron chi connectivity index (χ0n) is 20.6. The zero-order valence-corrected chi connectivity index (χ0v) is 22.1. The second kappa shape index (κ2) is 10.2. The third-order valence-electron chi connectivity index (χ3n) is 5.77. The molecule has 0 fully saturated rings. The SMILES string of the molecule is BC(B)(B)c1nc2c(F)ccc(NC(=O)c3cc(Cl)c(O)c(Cl)n3)c2c(=O)n1Cc1ccccc1C(F)(F)F. The highest BCUT2D eigenvalue weighted by atomic mass is 35.5. The number of carbonyl (C=O) groups is 1. The molecule has 0 saturated heterocycles. The molecule has 2 aromatic carbocycles. The Balaban J connectivity index is 1.93. The van der Waals surface area contributed by atoms with Crippen molar-refractivity contribution in [2.75, 3.05) is 5.32 Å². The fourth-order valence-corrected chi connectivity index (χ4v) is 4.43. The fraction of sp³-hybridized carbons (Fsp3) is 0.130. The molecule has 2 N–H and O–H groups in total. The molecule has 2 aromatic heterocycles. The summed E-state index contributed by atoms with van der Waals surface area (Å²) in [6, 6.07) is 7.93. The van der Waals surface area contributed by atoms with Gasteiger partial charge < -0.3 is 10.4 Å². The number of alkyl halides is 3. The minimum atomic E-state index is -4.68. The molecule has 198 valence electrons. The number of hydrogen-bond donors (Lipinski definition) is 2. The van der Waals surface area contributed by atoms with Crippen LogP contribution in [0.2, 0.25) is 10.2 Å². The van der Waals surface area contributed by atoms with E-state index in [1.54, 1.807) is 23.5 Å². The first-order valence-corrected chi connectivity index (χ1v) is 12.1. The van der Waals surface area contributed by atoms with E-state index in [1.807, 2.05) is 0 Å². The molecule has 4 rings (SSSR count). The molecule has 0 aliphatic rings. The predicted octanol–water partition coefficient (Wildman–Crippen LogP) is 2.27. The van der Waals surface area contributed by atoms with Gasteiger partial charge in [-0.2, -0.15) is 13.2 Å². The third-order valence-corrected chi connectivity index (χ3v) is 6.32. The fourth-order valence-electron chi connectivity index (χ4n) is 4.00. The minimum absolute atomic E-state index is 0.0399. The van der Waals surface area contributed by atoms with Crippen molar-refractivity contribution in [1.29, 1.82) is 0 Å². The molecule has 0 radical (unpaired) electrons. The normalized spacial score (nSPS) is 12.1. The smallest absolute Gasteiger partial charge is 0.416 e. The van der Waals surface area contributed by atoms with Gasteiger partial charge in [0.05, 0.1) is 57.6 Å². The molecule has 7 nitrogen and oxygen atoms in total. The van der Waals surface area contributed by atoms with Gasteiger partial charge in [-0.1, -0.05) is 46.5 Å². The van der Waals surface area contributed by atoms with E-state index in [1.165, 1.54) is 18.2 Å². The van der Waals surface area contributed by atoms with Crippen LogP contribution in [-0.2, 0) is 17.8 Å². The van der Waals surface area contributed by atoms with Gasteiger partial charge in [0, 0.05) is 0 Å². The second-order valence-corrected chi connectivity index (χ2v) is 10.4. The summed E-state index contributed by atoms with van der Waals surface area (Å²) in [5.74, 6) is -2.27. The maximum absolute atomic E-state index is 15.0. The Labute approximate surface area is 231 Å². The third kappa shape index (κ3) is 5.62. The highest BCUT2D eigenvalue weighted by molar-refractivity contribution is 6.58. The zero-order chi connectivity index (χ0) is 28.9. The van der Waals surface area contributed by atoms with Gasteiger partial charge in [-0.25, -0.2) is 14.4 Å². The van der Waals surface area contributed by atoms with Crippen LogP contribution in [0.4, 0.5) is 23.2 Å². The number of fused-ring (bicyclic) bond motifs is 1. The Morgan fingerprint density at radius 1 is 1.08 bits per heavy atom. The first kappa shape index (κ1) is 28.5. The molecule has 0 saturated carbocycles. The van der Waals surface area contributed by atoms with Crippen LogP contribution in [0.1, 0.15) is 27.4 Å². The Kier molecular flexibility index (Phi) is 7.48. The van der Waals surface area contributed by atoms with Crippen LogP contribution in [0.25, 0.3) is 10.9 Å². The number of aromatic nitrogens is 3. The molecular weight excluding hydrogens is 560 g/mol. The van der Waals surface area contributed by atoms with Crippen molar-refractivity contribution in [3.8, 4) is 5.75 Å². The number of aromatic hydroxyl groups is 1. The molecule has 0 spiro atoms. The van der Waals surface area contributed by atoms with E-state index in [2.05, 4.69) is 15.3 Å². The summed E-state index contributed by atoms with van der Waals surface area (Å²) in [5.41, 5.74) is -2.87. The highest BCUT2D eigenvalue weighted by Crippen LogP contribution is 2.33. The number of nitrogens with one attached hydrogen (secondary N) is 1. The van der Waals surface area contributed by atoms with Crippen molar-refractivity contribution in [2.24, 2.45) is 0 Å². The Morgan fingerprint density at radius 3 is 2.36 bits per heavy atom. The van der Waals surface area contributed by atoms with E-state index in [0.717, 1.165) is 28.8 Å². The van der Waals surface area contributed by atoms with Crippen LogP contribution in [0, 0.1) is 5.82 Å². The number of pyridine rings is 1. The number of benzene rings is 2. The van der Waals surface area contributed by atoms with E-state index in [0.29, 0.717) is 0 Å². The quantitative estimate of drug-likeness (QED) is 0.216. The topological polar surface area (TPSA) is 97.1 Å². The van der Waals surface area contributed by atoms with Crippen LogP contribution in [-0.4, -0.2) is 49.1 Å². The summed E-state index contributed by atoms with van der Waals surface area (Å²) in [5, 5.41) is 10.2. The monoisotopic (exact) mass is 576 g/mol. The summed E-state index contributed by atoms with van der Waals surface area (Å²) in [6.07, 6.45) is -4.68. The average molecular weight is 577 g/mol. The number of anilines is 1. The first-order valence-electron chi connectivity index (χ1n) is 11.3. The molecule has 4 aromatic rings. The molecule has 0 aliphatic carbocycles.